The maximum Gasteiger partial charge on any atom is 0.416 e. The van der Waals surface area contributed by atoms with Gasteiger partial charge in [-0.15, -0.1) is 0 Å². The number of amides is 2. The van der Waals surface area contributed by atoms with Crippen LogP contribution in [0.4, 0.5) is 35.9 Å². The molecule has 80 heavy (non-hydrogen) atoms. The largest absolute Gasteiger partial charge is 0.488 e. The minimum Gasteiger partial charge on any atom is -0.488 e. The molecule has 6 N–H and O–H groups in total. The van der Waals surface area contributed by atoms with Crippen LogP contribution in [0.1, 0.15) is 173 Å². The predicted molar refractivity (Wildman–Crippen MR) is 282 cm³/mol. The summed E-state index contributed by atoms with van der Waals surface area (Å²) in [4.78, 5) is 92.1. The average molecular weight is 1130 g/mol. The van der Waals surface area contributed by atoms with Crippen LogP contribution < -0.4 is 20.9 Å². The Morgan fingerprint density at radius 1 is 0.537 bits per heavy atom. The van der Waals surface area contributed by atoms with Gasteiger partial charge in [-0.1, -0.05) is 12.8 Å². The van der Waals surface area contributed by atoms with E-state index >= 15 is 0 Å². The van der Waals surface area contributed by atoms with Crippen LogP contribution in [0.25, 0.3) is 0 Å². The van der Waals surface area contributed by atoms with Crippen LogP contribution in [0.5, 0.6) is 11.5 Å². The highest BCUT2D eigenvalue weighted by molar-refractivity contribution is 6.01. The number of hydrogen-bond acceptors (Lipinski definition) is 14. The van der Waals surface area contributed by atoms with Crippen molar-refractivity contribution < 1.29 is 74.1 Å². The lowest BCUT2D eigenvalue weighted by Gasteiger charge is -2.25. The van der Waals surface area contributed by atoms with Crippen molar-refractivity contribution in [3.05, 3.63) is 81.4 Å². The van der Waals surface area contributed by atoms with Crippen molar-refractivity contribution in [3.8, 4) is 11.5 Å². The first-order chi connectivity index (χ1) is 37.2. The molecule has 18 nitrogen and oxygen atoms in total. The molecule has 2 aliphatic heterocycles. The van der Waals surface area contributed by atoms with Gasteiger partial charge in [0.05, 0.1) is 35.9 Å². The average Bonchev–Trinajstić information content (AvgIpc) is 4.02. The zero-order valence-corrected chi connectivity index (χ0v) is 46.1. The first kappa shape index (κ1) is 63.7. The number of hydrogen-bond donors (Lipinski definition) is 4. The number of amidine groups is 2. The van der Waals surface area contributed by atoms with E-state index in [-0.39, 0.29) is 97.3 Å². The van der Waals surface area contributed by atoms with Crippen molar-refractivity contribution in [2.24, 2.45) is 11.5 Å². The Balaban J connectivity index is 1.49. The number of carbonyl (C=O) groups is 6. The van der Waals surface area contributed by atoms with Gasteiger partial charge in [-0.2, -0.15) is 26.3 Å². The molecule has 438 valence electrons. The Kier molecular flexibility index (Phi) is 21.8. The lowest BCUT2D eigenvalue weighted by molar-refractivity contribution is -0.138. The van der Waals surface area contributed by atoms with E-state index in [1.165, 1.54) is 9.80 Å². The number of benzene rings is 2. The molecule has 2 amide bonds. The molecule has 0 unspecified atom stereocenters. The van der Waals surface area contributed by atoms with Crippen LogP contribution in [0.15, 0.2) is 36.7 Å². The summed E-state index contributed by atoms with van der Waals surface area (Å²) in [6.07, 6.45) is -11.0. The molecule has 2 saturated heterocycles. The number of nitrogens with zero attached hydrogens (tertiary/aromatic N) is 4. The van der Waals surface area contributed by atoms with Crippen LogP contribution in [-0.4, -0.2) is 116 Å². The molecular formula is C56H72F6N8O10. The van der Waals surface area contributed by atoms with Crippen LogP contribution >= 0.6 is 0 Å². The highest BCUT2D eigenvalue weighted by Gasteiger charge is 2.38. The number of likely N-dealkylation sites (tertiary alicyclic amines) is 2. The molecule has 2 aromatic carbocycles. The fourth-order valence-electron chi connectivity index (χ4n) is 9.05. The van der Waals surface area contributed by atoms with Crippen LogP contribution in [0.3, 0.4) is 0 Å². The van der Waals surface area contributed by atoms with E-state index in [0.717, 1.165) is 24.5 Å². The molecule has 2 aliphatic rings. The van der Waals surface area contributed by atoms with E-state index < -0.39 is 119 Å². The molecule has 0 saturated carbocycles. The Hall–Kier alpha value is -7.14. The number of ether oxygens (including phenoxy) is 4. The molecule has 5 rings (SSSR count). The number of alkyl halides is 6. The highest BCUT2D eigenvalue weighted by atomic mass is 19.4. The normalized spacial score (nSPS) is 15.8. The van der Waals surface area contributed by atoms with E-state index in [2.05, 4.69) is 9.97 Å². The van der Waals surface area contributed by atoms with E-state index in [9.17, 15) is 55.1 Å². The number of Topliss-reactive ketones (excluding diaryl/α,β-unsaturated/α-hetero) is 4. The topological polar surface area (TPSA) is 271 Å². The number of ketones is 4. The number of halogens is 6. The summed E-state index contributed by atoms with van der Waals surface area (Å²) in [6, 6.07) is 3.91. The van der Waals surface area contributed by atoms with Gasteiger partial charge in [-0.25, -0.2) is 19.6 Å². The van der Waals surface area contributed by atoms with E-state index in [4.69, 9.17) is 41.2 Å². The zero-order chi connectivity index (χ0) is 59.3. The number of nitrogens with two attached hydrogens (primary N) is 2. The van der Waals surface area contributed by atoms with Crippen molar-refractivity contribution in [2.45, 2.75) is 180 Å². The standard InChI is InChI=1S/C56H72F6N8O10/c1-53(2,3)79-51(75)69-19-17-41(30-69)77-49-33(25-39(71)13-9-7-11-15-47(63)64)21-37(55(57,58)59)23-35(49)27-45(73)43-29-44(68-32-67-43)46(74)28-36-24-38(56(60,61)62)22-34(26-40(72)14-10-8-12-16-48(65)66)50(36)78-42-18-20-70(31-42)52(76)80-54(4,5)6/h21-24,29,32,41-42H,7-20,25-28,30-31H2,1-6H3,(H3,63,64)(H3,65,66)/t41-,42-/m1/s1. The van der Waals surface area contributed by atoms with E-state index in [1.54, 1.807) is 41.5 Å². The van der Waals surface area contributed by atoms with Crippen LogP contribution in [0, 0.1) is 10.8 Å². The SMILES string of the molecule is CC(C)(C)OC(=O)N1CC[C@@H](Oc2c(CC(=O)CCCCCC(=N)N)cc(C(F)(F)F)cc2CC(=O)c2cc(C(=O)Cc3cc(C(F)(F)F)cc(CC(=O)CCCCCC(=N)N)c3O[C@@H]3CCN(C(=O)OC(C)(C)C)C3)ncn2)C1. The van der Waals surface area contributed by atoms with Gasteiger partial charge >= 0.3 is 24.5 Å². The van der Waals surface area contributed by atoms with Crippen molar-refractivity contribution in [1.29, 1.82) is 10.8 Å². The first-order valence-electron chi connectivity index (χ1n) is 26.6. The zero-order valence-electron chi connectivity index (χ0n) is 46.1. The van der Waals surface area contributed by atoms with Gasteiger partial charge in [0, 0.05) is 99.6 Å². The molecule has 0 bridgehead atoms. The van der Waals surface area contributed by atoms with Gasteiger partial charge in [0.1, 0.15) is 64.2 Å². The summed E-state index contributed by atoms with van der Waals surface area (Å²) < 4.78 is 112. The Bertz CT molecular complexity index is 2590. The second kappa shape index (κ2) is 27.3. The van der Waals surface area contributed by atoms with Gasteiger partial charge in [0.2, 0.25) is 0 Å². The van der Waals surface area contributed by atoms with Crippen molar-refractivity contribution in [2.75, 3.05) is 26.2 Å². The lowest BCUT2D eigenvalue weighted by atomic mass is 9.94. The van der Waals surface area contributed by atoms with Crippen LogP contribution in [-0.2, 0) is 57.1 Å². The van der Waals surface area contributed by atoms with Gasteiger partial charge in [-0.3, -0.25) is 30.0 Å². The maximum atomic E-state index is 14.7. The molecule has 0 aliphatic carbocycles. The molecular weight excluding hydrogens is 1060 g/mol. The van der Waals surface area contributed by atoms with Crippen molar-refractivity contribution >= 4 is 47.0 Å². The summed E-state index contributed by atoms with van der Waals surface area (Å²) >= 11 is 0. The fourth-order valence-corrected chi connectivity index (χ4v) is 9.05. The second-order valence-corrected chi connectivity index (χ2v) is 22.2. The highest BCUT2D eigenvalue weighted by Crippen LogP contribution is 2.40. The number of nitrogens with one attached hydrogen (secondary N) is 2. The third-order valence-electron chi connectivity index (χ3n) is 12.8. The van der Waals surface area contributed by atoms with Crippen molar-refractivity contribution in [1.82, 2.24) is 19.8 Å². The van der Waals surface area contributed by atoms with Gasteiger partial charge in [-0.05, 0) is 97.6 Å². The third-order valence-corrected chi connectivity index (χ3v) is 12.8. The second-order valence-electron chi connectivity index (χ2n) is 22.2. The summed E-state index contributed by atoms with van der Waals surface area (Å²) in [5, 5.41) is 14.9. The molecule has 2 fully saturated rings. The molecule has 1 aromatic heterocycles. The summed E-state index contributed by atoms with van der Waals surface area (Å²) in [6.45, 7) is 10.3. The summed E-state index contributed by atoms with van der Waals surface area (Å²) in [5.74, 6) is -3.20. The van der Waals surface area contributed by atoms with Gasteiger partial charge < -0.3 is 40.2 Å². The summed E-state index contributed by atoms with van der Waals surface area (Å²) in [7, 11) is 0. The molecule has 0 spiro atoms. The van der Waals surface area contributed by atoms with E-state index in [1.807, 2.05) is 0 Å². The number of unbranched alkanes of at least 4 members (excludes halogenated alkanes) is 4. The summed E-state index contributed by atoms with van der Waals surface area (Å²) in [5.41, 5.74) is 4.93. The Morgan fingerprint density at radius 2 is 0.875 bits per heavy atom. The minimum atomic E-state index is -4.97. The quantitative estimate of drug-likeness (QED) is 0.0191. The van der Waals surface area contributed by atoms with Gasteiger partial charge in [0.15, 0.2) is 11.6 Å². The first-order valence-corrected chi connectivity index (χ1v) is 26.6. The smallest absolute Gasteiger partial charge is 0.416 e. The van der Waals surface area contributed by atoms with E-state index in [0.29, 0.717) is 63.5 Å². The fraction of sp³-hybridized carbons (Fsp3) is 0.571. The molecule has 24 heteroatoms. The molecule has 0 radical (unpaired) electrons. The molecule has 2 atom stereocenters. The molecule has 3 heterocycles. The van der Waals surface area contributed by atoms with Crippen LogP contribution in [0.2, 0.25) is 0 Å². The van der Waals surface area contributed by atoms with Crippen molar-refractivity contribution in [3.63, 3.8) is 0 Å². The monoisotopic (exact) mass is 1130 g/mol. The maximum absolute atomic E-state index is 14.7. The lowest BCUT2D eigenvalue weighted by Crippen LogP contribution is -2.36. The number of carbonyl (C=O) groups excluding carboxylic acids is 6. The number of rotatable bonds is 26. The molecule has 3 aromatic rings. The predicted octanol–water partition coefficient (Wildman–Crippen LogP) is 10.1. The Labute approximate surface area is 461 Å². The number of aromatic nitrogens is 2. The minimum absolute atomic E-state index is 0.0257. The van der Waals surface area contributed by atoms with Gasteiger partial charge in [0.25, 0.3) is 0 Å². The Morgan fingerprint density at radius 3 is 1.20 bits per heavy atom. The third kappa shape index (κ3) is 20.2.